The number of Topliss-reactive ketones (excluding diaryl/α,β-unsaturated/α-hetero) is 1. The largest absolute Gasteiger partial charge is 0.298 e. The molecule has 0 N–H and O–H groups in total. The third kappa shape index (κ3) is 1.52. The number of carbonyl (C=O) groups excluding carboxylic acids is 1. The molecule has 2 atom stereocenters. The van der Waals surface area contributed by atoms with E-state index in [0.29, 0.717) is 18.7 Å². The molecule has 2 saturated heterocycles. The third-order valence-corrected chi connectivity index (χ3v) is 4.18. The second-order valence-corrected chi connectivity index (χ2v) is 5.00. The van der Waals surface area contributed by atoms with E-state index in [9.17, 15) is 4.79 Å². The summed E-state index contributed by atoms with van der Waals surface area (Å²) in [6.07, 6.45) is 2.02. The van der Waals surface area contributed by atoms with Crippen molar-refractivity contribution < 1.29 is 4.79 Å². The van der Waals surface area contributed by atoms with Crippen molar-refractivity contribution in [2.75, 3.05) is 18.8 Å². The molecule has 2 rings (SSSR count). The van der Waals surface area contributed by atoms with Gasteiger partial charge in [0.2, 0.25) is 0 Å². The van der Waals surface area contributed by atoms with E-state index < -0.39 is 0 Å². The van der Waals surface area contributed by atoms with Crippen molar-refractivity contribution in [3.05, 3.63) is 0 Å². The first-order valence-corrected chi connectivity index (χ1v) is 5.72. The van der Waals surface area contributed by atoms with Crippen LogP contribution in [0.15, 0.2) is 0 Å². The van der Waals surface area contributed by atoms with Crippen LogP contribution < -0.4 is 0 Å². The number of hydrogen-bond donors (Lipinski definition) is 0. The van der Waals surface area contributed by atoms with Crippen molar-refractivity contribution in [1.82, 2.24) is 4.90 Å². The van der Waals surface area contributed by atoms with E-state index in [2.05, 4.69) is 16.7 Å². The van der Waals surface area contributed by atoms with Crippen LogP contribution in [0.4, 0.5) is 0 Å². The molecule has 2 aliphatic heterocycles. The molecule has 2 unspecified atom stereocenters. The standard InChI is InChI=1S/C9H15NOS/c1-2-8(11)4-10-5-9-3-7(10)6-12-9/h7,9H,2-6H2,1H3. The van der Waals surface area contributed by atoms with Gasteiger partial charge in [-0.15, -0.1) is 0 Å². The van der Waals surface area contributed by atoms with Gasteiger partial charge < -0.3 is 0 Å². The van der Waals surface area contributed by atoms with E-state index in [0.717, 1.165) is 17.8 Å². The molecule has 0 aromatic rings. The molecule has 0 aromatic carbocycles. The van der Waals surface area contributed by atoms with Gasteiger partial charge in [0.05, 0.1) is 6.54 Å². The highest BCUT2D eigenvalue weighted by Gasteiger charge is 2.38. The summed E-state index contributed by atoms with van der Waals surface area (Å²) in [6, 6.07) is 0.718. The maximum absolute atomic E-state index is 11.2. The van der Waals surface area contributed by atoms with Crippen molar-refractivity contribution >= 4 is 17.5 Å². The van der Waals surface area contributed by atoms with Crippen LogP contribution in [0.5, 0.6) is 0 Å². The smallest absolute Gasteiger partial charge is 0.146 e. The topological polar surface area (TPSA) is 20.3 Å². The molecule has 2 bridgehead atoms. The van der Waals surface area contributed by atoms with Crippen LogP contribution in [0.2, 0.25) is 0 Å². The monoisotopic (exact) mass is 185 g/mol. The maximum Gasteiger partial charge on any atom is 0.146 e. The number of hydrogen-bond acceptors (Lipinski definition) is 3. The van der Waals surface area contributed by atoms with E-state index in [4.69, 9.17) is 0 Å². The Morgan fingerprint density at radius 2 is 2.50 bits per heavy atom. The summed E-state index contributed by atoms with van der Waals surface area (Å²) in [5, 5.41) is 0.833. The molecule has 0 spiro atoms. The molecule has 2 nitrogen and oxygen atoms in total. The second-order valence-electron chi connectivity index (χ2n) is 3.67. The van der Waals surface area contributed by atoms with Crippen LogP contribution in [0, 0.1) is 0 Å². The van der Waals surface area contributed by atoms with Gasteiger partial charge in [0.25, 0.3) is 0 Å². The molecule has 68 valence electrons. The van der Waals surface area contributed by atoms with Gasteiger partial charge in [-0.2, -0.15) is 11.8 Å². The average molecular weight is 185 g/mol. The van der Waals surface area contributed by atoms with Gasteiger partial charge in [-0.1, -0.05) is 6.92 Å². The SMILES string of the molecule is CCC(=O)CN1CC2CC1CS2. The molecule has 0 aliphatic carbocycles. The van der Waals surface area contributed by atoms with E-state index in [1.165, 1.54) is 12.2 Å². The molecule has 3 heteroatoms. The Labute approximate surface area is 77.7 Å². The summed E-state index contributed by atoms with van der Waals surface area (Å²) < 4.78 is 0. The first-order valence-electron chi connectivity index (χ1n) is 4.67. The average Bonchev–Trinajstić information content (AvgIpc) is 2.64. The van der Waals surface area contributed by atoms with E-state index in [-0.39, 0.29) is 0 Å². The Hall–Kier alpha value is -0.0200. The summed E-state index contributed by atoms with van der Waals surface area (Å²) in [7, 11) is 0. The van der Waals surface area contributed by atoms with E-state index >= 15 is 0 Å². The van der Waals surface area contributed by atoms with Gasteiger partial charge in [0.15, 0.2) is 0 Å². The van der Waals surface area contributed by atoms with Crippen LogP contribution in [-0.4, -0.2) is 40.8 Å². The third-order valence-electron chi connectivity index (χ3n) is 2.79. The Morgan fingerprint density at radius 3 is 3.00 bits per heavy atom. The fourth-order valence-corrected chi connectivity index (χ4v) is 3.51. The summed E-state index contributed by atoms with van der Waals surface area (Å²) in [5.74, 6) is 1.65. The van der Waals surface area contributed by atoms with Gasteiger partial charge in [0, 0.05) is 30.0 Å². The zero-order valence-electron chi connectivity index (χ0n) is 7.45. The molecule has 0 aromatic heterocycles. The van der Waals surface area contributed by atoms with Crippen LogP contribution in [0.3, 0.4) is 0 Å². The summed E-state index contributed by atoms with van der Waals surface area (Å²) in [5.41, 5.74) is 0. The lowest BCUT2D eigenvalue weighted by molar-refractivity contribution is -0.120. The molecular weight excluding hydrogens is 170 g/mol. The fraction of sp³-hybridized carbons (Fsp3) is 0.889. The molecule has 0 saturated carbocycles. The van der Waals surface area contributed by atoms with Crippen molar-refractivity contribution in [3.8, 4) is 0 Å². The number of rotatable bonds is 3. The Bertz CT molecular complexity index is 195. The first-order chi connectivity index (χ1) is 5.79. The lowest BCUT2D eigenvalue weighted by Gasteiger charge is -2.25. The quantitative estimate of drug-likeness (QED) is 0.658. The number of fused-ring (bicyclic) bond motifs is 2. The predicted octanol–water partition coefficient (Wildman–Crippen LogP) is 1.16. The number of likely N-dealkylation sites (tertiary alicyclic amines) is 1. The molecule has 12 heavy (non-hydrogen) atoms. The Morgan fingerprint density at radius 1 is 1.67 bits per heavy atom. The minimum Gasteiger partial charge on any atom is -0.298 e. The summed E-state index contributed by atoms with van der Waals surface area (Å²) in [6.45, 7) is 3.81. The zero-order valence-corrected chi connectivity index (χ0v) is 8.27. The zero-order chi connectivity index (χ0) is 8.55. The number of ketones is 1. The van der Waals surface area contributed by atoms with Gasteiger partial charge in [-0.3, -0.25) is 9.69 Å². The van der Waals surface area contributed by atoms with Gasteiger partial charge in [-0.05, 0) is 6.42 Å². The maximum atomic E-state index is 11.2. The molecule has 0 amide bonds. The number of carbonyl (C=O) groups is 1. The van der Waals surface area contributed by atoms with Crippen molar-refractivity contribution in [2.24, 2.45) is 0 Å². The van der Waals surface area contributed by atoms with Crippen LogP contribution in [0.1, 0.15) is 19.8 Å². The highest BCUT2D eigenvalue weighted by molar-refractivity contribution is 8.00. The van der Waals surface area contributed by atoms with Crippen LogP contribution in [0.25, 0.3) is 0 Å². The normalized spacial score (nSPS) is 34.4. The van der Waals surface area contributed by atoms with E-state index in [1.807, 2.05) is 6.92 Å². The van der Waals surface area contributed by atoms with Crippen LogP contribution in [-0.2, 0) is 4.79 Å². The lowest BCUT2D eigenvalue weighted by Crippen LogP contribution is -2.37. The van der Waals surface area contributed by atoms with Crippen molar-refractivity contribution in [1.29, 1.82) is 0 Å². The molecule has 2 fully saturated rings. The van der Waals surface area contributed by atoms with Crippen molar-refractivity contribution in [3.63, 3.8) is 0 Å². The fourth-order valence-electron chi connectivity index (χ4n) is 2.01. The summed E-state index contributed by atoms with van der Waals surface area (Å²) >= 11 is 2.08. The molecular formula is C9H15NOS. The highest BCUT2D eigenvalue weighted by Crippen LogP contribution is 2.37. The number of nitrogens with zero attached hydrogens (tertiary/aromatic N) is 1. The number of thioether (sulfide) groups is 1. The highest BCUT2D eigenvalue weighted by atomic mass is 32.2. The Kier molecular flexibility index (Phi) is 2.42. The van der Waals surface area contributed by atoms with Gasteiger partial charge in [0.1, 0.15) is 5.78 Å². The Balaban J connectivity index is 1.86. The predicted molar refractivity (Wildman–Crippen MR) is 51.5 cm³/mol. The van der Waals surface area contributed by atoms with Crippen molar-refractivity contribution in [2.45, 2.75) is 31.1 Å². The minimum absolute atomic E-state index is 0.396. The first kappa shape index (κ1) is 8.57. The van der Waals surface area contributed by atoms with Gasteiger partial charge in [-0.25, -0.2) is 0 Å². The molecule has 2 aliphatic rings. The van der Waals surface area contributed by atoms with Gasteiger partial charge >= 0.3 is 0 Å². The van der Waals surface area contributed by atoms with Crippen LogP contribution >= 0.6 is 11.8 Å². The molecule has 0 radical (unpaired) electrons. The summed E-state index contributed by atoms with van der Waals surface area (Å²) in [4.78, 5) is 13.6. The lowest BCUT2D eigenvalue weighted by atomic mass is 10.2. The molecule has 2 heterocycles. The van der Waals surface area contributed by atoms with E-state index in [1.54, 1.807) is 0 Å². The minimum atomic E-state index is 0.396. The second kappa shape index (κ2) is 3.38.